The summed E-state index contributed by atoms with van der Waals surface area (Å²) in [5, 5.41) is 10.5. The quantitative estimate of drug-likeness (QED) is 0.183. The lowest BCUT2D eigenvalue weighted by Gasteiger charge is -2.23. The molecule has 396 valence electrons. The van der Waals surface area contributed by atoms with Crippen LogP contribution in [0, 0.1) is 5.82 Å². The summed E-state index contributed by atoms with van der Waals surface area (Å²) < 4.78 is 19.4. The summed E-state index contributed by atoms with van der Waals surface area (Å²) in [6.07, 6.45) is 0. The molecule has 4 nitrogen and oxygen atoms in total. The molecule has 0 spiro atoms. The van der Waals surface area contributed by atoms with E-state index in [-0.39, 0.29) is 16.6 Å². The summed E-state index contributed by atoms with van der Waals surface area (Å²) in [4.78, 5) is 3.86. The van der Waals surface area contributed by atoms with Gasteiger partial charge in [0, 0.05) is 87.6 Å². The van der Waals surface area contributed by atoms with Crippen LogP contribution in [0.3, 0.4) is 0 Å². The van der Waals surface area contributed by atoms with Gasteiger partial charge in [0.2, 0.25) is 0 Å². The number of rotatable bonds is 3. The monoisotopic (exact) mass is 1070 g/mol. The van der Waals surface area contributed by atoms with E-state index in [1.807, 2.05) is 0 Å². The number of nitrogens with one attached hydrogen (secondary N) is 1. The van der Waals surface area contributed by atoms with Crippen molar-refractivity contribution in [2.24, 2.45) is 0 Å². The van der Waals surface area contributed by atoms with Gasteiger partial charge < -0.3 is 18.7 Å². The van der Waals surface area contributed by atoms with Crippen molar-refractivity contribution >= 4 is 87.2 Å². The third-order valence-electron chi connectivity index (χ3n) is 18.1. The van der Waals surface area contributed by atoms with Gasteiger partial charge in [0.05, 0.1) is 38.6 Å². The van der Waals surface area contributed by atoms with Crippen molar-refractivity contribution < 1.29 is 4.39 Å². The van der Waals surface area contributed by atoms with Crippen molar-refractivity contribution in [2.75, 3.05) is 0 Å². The Balaban J connectivity index is 0.000000123. The molecule has 18 rings (SSSR count). The van der Waals surface area contributed by atoms with Gasteiger partial charge in [0.1, 0.15) is 5.82 Å². The molecule has 2 aliphatic rings. The maximum absolute atomic E-state index is 11.9. The maximum atomic E-state index is 11.9. The van der Waals surface area contributed by atoms with Gasteiger partial charge in [-0.3, -0.25) is 0 Å². The molecule has 0 aliphatic heterocycles. The predicted molar refractivity (Wildman–Crippen MR) is 347 cm³/mol. The normalized spacial score (nSPS) is 13.6. The van der Waals surface area contributed by atoms with Gasteiger partial charge >= 0.3 is 0 Å². The summed E-state index contributed by atoms with van der Waals surface area (Å²) in [5.74, 6) is -0.178. The largest absolute Gasteiger partial charge is 0.354 e. The minimum Gasteiger partial charge on any atom is -0.354 e. The zero-order valence-corrected chi connectivity index (χ0v) is 46.6. The molecule has 0 unspecified atom stereocenters. The number of H-pyrrole nitrogens is 1. The number of hydrogen-bond acceptors (Lipinski definition) is 0. The first kappa shape index (κ1) is 48.7. The van der Waals surface area contributed by atoms with E-state index in [1.54, 1.807) is 18.2 Å². The van der Waals surface area contributed by atoms with Crippen molar-refractivity contribution in [1.29, 1.82) is 0 Å². The molecule has 5 heteroatoms. The average Bonchev–Trinajstić information content (AvgIpc) is 2.13. The molecule has 0 saturated carbocycles. The van der Waals surface area contributed by atoms with Crippen molar-refractivity contribution in [1.82, 2.24) is 18.7 Å². The van der Waals surface area contributed by atoms with Gasteiger partial charge in [-0.25, -0.2) is 4.39 Å². The van der Waals surface area contributed by atoms with Crippen LogP contribution in [0.1, 0.15) is 49.9 Å². The number of halogens is 1. The van der Waals surface area contributed by atoms with Gasteiger partial charge in [0.15, 0.2) is 0 Å². The Hall–Kier alpha value is -10.2. The summed E-state index contributed by atoms with van der Waals surface area (Å²) in [5.41, 5.74) is 24.4. The number of fused-ring (bicyclic) bond motifs is 24. The fourth-order valence-corrected chi connectivity index (χ4v) is 14.7. The van der Waals surface area contributed by atoms with E-state index in [4.69, 9.17) is 0 Å². The molecule has 0 saturated heterocycles. The fraction of sp³-hybridized carbons (Fsp3) is 0.0769. The molecule has 12 aromatic carbocycles. The van der Waals surface area contributed by atoms with Crippen LogP contribution in [-0.4, -0.2) is 18.7 Å². The molecule has 83 heavy (non-hydrogen) atoms. The fourth-order valence-electron chi connectivity index (χ4n) is 14.7. The molecule has 16 aromatic rings. The average molecular weight is 1070 g/mol. The van der Waals surface area contributed by atoms with E-state index < -0.39 is 0 Å². The second kappa shape index (κ2) is 18.4. The molecule has 0 radical (unpaired) electrons. The molecular formula is C78H57FN4. The zero-order valence-electron chi connectivity index (χ0n) is 46.6. The molecule has 4 aromatic heterocycles. The lowest BCUT2D eigenvalue weighted by molar-refractivity contribution is 0.628. The highest BCUT2D eigenvalue weighted by atomic mass is 19.1. The number of hydrogen-bond donors (Lipinski definition) is 1. The topological polar surface area (TPSA) is 30.6 Å². The van der Waals surface area contributed by atoms with E-state index in [0.717, 1.165) is 0 Å². The first-order chi connectivity index (χ1) is 40.7. The van der Waals surface area contributed by atoms with Crippen molar-refractivity contribution in [3.63, 3.8) is 0 Å². The van der Waals surface area contributed by atoms with Gasteiger partial charge in [-0.1, -0.05) is 222 Å². The Kier molecular flexibility index (Phi) is 10.8. The highest BCUT2D eigenvalue weighted by Crippen LogP contribution is 2.60. The van der Waals surface area contributed by atoms with Crippen molar-refractivity contribution in [2.45, 2.75) is 38.5 Å². The summed E-state index contributed by atoms with van der Waals surface area (Å²) in [6.45, 7) is 9.60. The molecule has 1 N–H and O–H groups in total. The van der Waals surface area contributed by atoms with Gasteiger partial charge in [-0.15, -0.1) is 0 Å². The van der Waals surface area contributed by atoms with Crippen LogP contribution in [0.5, 0.6) is 0 Å². The smallest absolute Gasteiger partial charge is 0.123 e. The van der Waals surface area contributed by atoms with Gasteiger partial charge in [0.25, 0.3) is 0 Å². The van der Waals surface area contributed by atoms with E-state index >= 15 is 0 Å². The number of aromatic nitrogens is 4. The third-order valence-corrected chi connectivity index (χ3v) is 18.1. The van der Waals surface area contributed by atoms with Crippen molar-refractivity contribution in [3.8, 4) is 39.3 Å². The second-order valence-electron chi connectivity index (χ2n) is 23.3. The second-order valence-corrected chi connectivity index (χ2v) is 23.3. The minimum absolute atomic E-state index is 0.110. The standard InChI is InChI=1S/C39H28N2.C33H24N2.C6H5F/c1-39(2)30-22-12-9-19-27(30)33-36(39)34-28-20-10-13-23-31(28)40(25-15-5-3-6-16-25)38(34)35-29-21-11-14-24-32(29)41(37(33)35)26-17-7-4-8-18-26;1-33(2)24-17-9-6-14-21(24)28-30(33)27-22-15-7-10-18-25(22)34-31(27)29-23-16-8-11-19-26(23)35(32(28)29)20-12-4-3-5-13-20;7-6-4-2-1-3-5-6/h3-24H,1-2H3;3-19,34H,1-2H3;1-5H. The van der Waals surface area contributed by atoms with E-state index in [0.29, 0.717) is 0 Å². The van der Waals surface area contributed by atoms with Crippen LogP contribution in [0.4, 0.5) is 4.39 Å². The summed E-state index contributed by atoms with van der Waals surface area (Å²) >= 11 is 0. The number of benzene rings is 12. The molecular weight excluding hydrogens is 1010 g/mol. The van der Waals surface area contributed by atoms with Crippen LogP contribution in [0.15, 0.2) is 267 Å². The highest BCUT2D eigenvalue weighted by molar-refractivity contribution is 6.33. The molecule has 0 bridgehead atoms. The van der Waals surface area contributed by atoms with Crippen LogP contribution >= 0.6 is 0 Å². The Morgan fingerprint density at radius 2 is 0.663 bits per heavy atom. The first-order valence-electron chi connectivity index (χ1n) is 28.8. The Morgan fingerprint density at radius 3 is 1.13 bits per heavy atom. The highest BCUT2D eigenvalue weighted by Gasteiger charge is 2.43. The van der Waals surface area contributed by atoms with Crippen LogP contribution in [-0.2, 0) is 10.8 Å². The van der Waals surface area contributed by atoms with E-state index in [2.05, 4.69) is 283 Å². The molecule has 0 atom stereocenters. The summed E-state index contributed by atoms with van der Waals surface area (Å²) in [7, 11) is 0. The molecule has 0 fully saturated rings. The van der Waals surface area contributed by atoms with Crippen LogP contribution < -0.4 is 0 Å². The third kappa shape index (κ3) is 6.98. The van der Waals surface area contributed by atoms with Crippen LogP contribution in [0.25, 0.3) is 127 Å². The Labute approximate surface area is 480 Å². The van der Waals surface area contributed by atoms with Gasteiger partial charge in [-0.05, 0) is 106 Å². The predicted octanol–water partition coefficient (Wildman–Crippen LogP) is 20.7. The maximum Gasteiger partial charge on any atom is 0.123 e. The Morgan fingerprint density at radius 1 is 0.313 bits per heavy atom. The number of nitrogens with zero attached hydrogens (tertiary/aromatic N) is 3. The lowest BCUT2D eigenvalue weighted by Crippen LogP contribution is -2.15. The SMILES string of the molecule is CC1(C)c2ccccc2-c2c1c1c3ccccc3[nH]c1c1c3ccccc3n(-c3ccccc3)c21.CC1(C)c2ccccc2-c2c1c1c3ccccc3n(-c3ccccc3)c1c1c3ccccc3n(-c3ccccc3)c21.Fc1ccccc1. The van der Waals surface area contributed by atoms with E-state index in [1.165, 1.54) is 161 Å². The lowest BCUT2D eigenvalue weighted by atomic mass is 9.80. The van der Waals surface area contributed by atoms with E-state index in [9.17, 15) is 4.39 Å². The number of aromatic amines is 1. The van der Waals surface area contributed by atoms with Crippen molar-refractivity contribution in [3.05, 3.63) is 295 Å². The zero-order chi connectivity index (χ0) is 55.7. The van der Waals surface area contributed by atoms with Crippen LogP contribution in [0.2, 0.25) is 0 Å². The first-order valence-corrected chi connectivity index (χ1v) is 28.8. The van der Waals surface area contributed by atoms with Gasteiger partial charge in [-0.2, -0.15) is 0 Å². The molecule has 4 heterocycles. The molecule has 0 amide bonds. The summed E-state index contributed by atoms with van der Waals surface area (Å²) in [6, 6.07) is 94.1. The Bertz CT molecular complexity index is 5250. The molecule has 2 aliphatic carbocycles. The minimum atomic E-state index is -0.178. The number of para-hydroxylation sites is 7.